The number of hydrogen-bond acceptors (Lipinski definition) is 2. The molecule has 0 spiro atoms. The highest BCUT2D eigenvalue weighted by molar-refractivity contribution is 5.69. The SMILES string of the molecule is CCCCCCCCCC(=O)OC1CCC2C(CCC3CC(CCCCCC)CCC32)C1. The molecular formula is C30H54O2. The fraction of sp³-hybridized carbons (Fsp3) is 0.967. The average molecular weight is 447 g/mol. The Hall–Kier alpha value is -0.530. The Morgan fingerprint density at radius 3 is 1.97 bits per heavy atom. The lowest BCUT2D eigenvalue weighted by molar-refractivity contribution is -0.153. The van der Waals surface area contributed by atoms with E-state index in [1.807, 2.05) is 0 Å². The number of rotatable bonds is 14. The van der Waals surface area contributed by atoms with Gasteiger partial charge in [-0.05, 0) is 81.0 Å². The second kappa shape index (κ2) is 14.7. The molecule has 2 nitrogen and oxygen atoms in total. The third kappa shape index (κ3) is 8.35. The van der Waals surface area contributed by atoms with E-state index in [4.69, 9.17) is 4.74 Å². The first-order valence-electron chi connectivity index (χ1n) is 14.9. The van der Waals surface area contributed by atoms with Gasteiger partial charge in [0.2, 0.25) is 0 Å². The van der Waals surface area contributed by atoms with E-state index in [2.05, 4.69) is 13.8 Å². The van der Waals surface area contributed by atoms with Crippen molar-refractivity contribution >= 4 is 5.97 Å². The number of esters is 1. The summed E-state index contributed by atoms with van der Waals surface area (Å²) in [4.78, 5) is 12.4. The highest BCUT2D eigenvalue weighted by atomic mass is 16.5. The van der Waals surface area contributed by atoms with E-state index in [1.165, 1.54) is 109 Å². The van der Waals surface area contributed by atoms with E-state index < -0.39 is 0 Å². The van der Waals surface area contributed by atoms with Gasteiger partial charge in [0.25, 0.3) is 0 Å². The van der Waals surface area contributed by atoms with Crippen molar-refractivity contribution in [3.8, 4) is 0 Å². The average Bonchev–Trinajstić information content (AvgIpc) is 2.81. The van der Waals surface area contributed by atoms with E-state index >= 15 is 0 Å². The topological polar surface area (TPSA) is 26.3 Å². The van der Waals surface area contributed by atoms with Crippen LogP contribution in [0.2, 0.25) is 0 Å². The van der Waals surface area contributed by atoms with Crippen LogP contribution in [0.15, 0.2) is 0 Å². The van der Waals surface area contributed by atoms with Gasteiger partial charge in [0, 0.05) is 6.42 Å². The molecule has 3 saturated carbocycles. The van der Waals surface area contributed by atoms with Crippen LogP contribution in [-0.2, 0) is 9.53 Å². The van der Waals surface area contributed by atoms with Crippen LogP contribution < -0.4 is 0 Å². The number of carbonyl (C=O) groups is 1. The summed E-state index contributed by atoms with van der Waals surface area (Å²) in [6, 6.07) is 0. The molecule has 0 heterocycles. The molecule has 3 aliphatic carbocycles. The summed E-state index contributed by atoms with van der Waals surface area (Å²) in [6.07, 6.45) is 27.9. The molecule has 0 aliphatic heterocycles. The predicted octanol–water partition coefficient (Wildman–Crippen LogP) is 9.25. The van der Waals surface area contributed by atoms with Crippen LogP contribution in [0.3, 0.4) is 0 Å². The monoisotopic (exact) mass is 446 g/mol. The lowest BCUT2D eigenvalue weighted by Crippen LogP contribution is -2.43. The standard InChI is InChI=1S/C30H54O2/c1-3-5-7-9-10-11-13-15-30(31)32-27-19-21-29-26(23-27)18-17-25-22-24(16-20-28(25)29)14-12-8-6-4-2/h24-29H,3-23H2,1-2H3. The third-order valence-electron chi connectivity index (χ3n) is 9.35. The molecule has 3 aliphatic rings. The van der Waals surface area contributed by atoms with Crippen molar-refractivity contribution in [3.63, 3.8) is 0 Å². The van der Waals surface area contributed by atoms with Crippen molar-refractivity contribution in [1.29, 1.82) is 0 Å². The Balaban J connectivity index is 1.31. The molecule has 0 aromatic rings. The number of ether oxygens (including phenoxy) is 1. The Morgan fingerprint density at radius 2 is 1.25 bits per heavy atom. The zero-order valence-corrected chi connectivity index (χ0v) is 21.6. The van der Waals surface area contributed by atoms with Gasteiger partial charge in [-0.3, -0.25) is 4.79 Å². The number of hydrogen-bond donors (Lipinski definition) is 0. The third-order valence-corrected chi connectivity index (χ3v) is 9.35. The number of fused-ring (bicyclic) bond motifs is 3. The molecule has 6 unspecified atom stereocenters. The minimum absolute atomic E-state index is 0.0827. The fourth-order valence-corrected chi connectivity index (χ4v) is 7.55. The lowest BCUT2D eigenvalue weighted by atomic mass is 9.56. The summed E-state index contributed by atoms with van der Waals surface area (Å²) in [5.41, 5.74) is 0. The van der Waals surface area contributed by atoms with Crippen LogP contribution in [0.5, 0.6) is 0 Å². The molecule has 0 amide bonds. The van der Waals surface area contributed by atoms with Gasteiger partial charge < -0.3 is 4.74 Å². The van der Waals surface area contributed by atoms with Gasteiger partial charge in [0.15, 0.2) is 0 Å². The summed E-state index contributed by atoms with van der Waals surface area (Å²) >= 11 is 0. The molecule has 3 rings (SSSR count). The molecule has 3 fully saturated rings. The van der Waals surface area contributed by atoms with Gasteiger partial charge >= 0.3 is 5.97 Å². The molecule has 32 heavy (non-hydrogen) atoms. The van der Waals surface area contributed by atoms with Crippen molar-refractivity contribution in [3.05, 3.63) is 0 Å². The molecule has 0 saturated heterocycles. The molecule has 186 valence electrons. The number of unbranched alkanes of at least 4 members (excludes halogenated alkanes) is 9. The highest BCUT2D eigenvalue weighted by Gasteiger charge is 2.44. The summed E-state index contributed by atoms with van der Waals surface area (Å²) in [5, 5.41) is 0. The van der Waals surface area contributed by atoms with Gasteiger partial charge in [-0.25, -0.2) is 0 Å². The Morgan fingerprint density at radius 1 is 0.656 bits per heavy atom. The molecular weight excluding hydrogens is 392 g/mol. The van der Waals surface area contributed by atoms with Gasteiger partial charge in [0.1, 0.15) is 6.10 Å². The van der Waals surface area contributed by atoms with E-state index in [9.17, 15) is 4.79 Å². The Bertz CT molecular complexity index is 515. The Kier molecular flexibility index (Phi) is 12.0. The van der Waals surface area contributed by atoms with E-state index in [0.29, 0.717) is 6.42 Å². The first-order chi connectivity index (χ1) is 15.7. The van der Waals surface area contributed by atoms with Gasteiger partial charge in [-0.2, -0.15) is 0 Å². The first kappa shape index (κ1) is 26.1. The van der Waals surface area contributed by atoms with E-state index in [-0.39, 0.29) is 12.1 Å². The van der Waals surface area contributed by atoms with E-state index in [1.54, 1.807) is 0 Å². The van der Waals surface area contributed by atoms with Gasteiger partial charge in [-0.1, -0.05) is 90.9 Å². The molecule has 0 aromatic heterocycles. The van der Waals surface area contributed by atoms with Crippen LogP contribution in [-0.4, -0.2) is 12.1 Å². The highest BCUT2D eigenvalue weighted by Crippen LogP contribution is 2.53. The van der Waals surface area contributed by atoms with Crippen LogP contribution in [0.4, 0.5) is 0 Å². The fourth-order valence-electron chi connectivity index (χ4n) is 7.55. The molecule has 0 radical (unpaired) electrons. The van der Waals surface area contributed by atoms with Crippen LogP contribution >= 0.6 is 0 Å². The molecule has 0 N–H and O–H groups in total. The van der Waals surface area contributed by atoms with Crippen molar-refractivity contribution in [1.82, 2.24) is 0 Å². The maximum atomic E-state index is 12.4. The molecule has 6 atom stereocenters. The smallest absolute Gasteiger partial charge is 0.306 e. The summed E-state index contributed by atoms with van der Waals surface area (Å²) < 4.78 is 5.96. The first-order valence-corrected chi connectivity index (χ1v) is 14.9. The number of carbonyl (C=O) groups excluding carboxylic acids is 1. The van der Waals surface area contributed by atoms with Gasteiger partial charge in [-0.15, -0.1) is 0 Å². The second-order valence-corrected chi connectivity index (χ2v) is 11.7. The van der Waals surface area contributed by atoms with Crippen molar-refractivity contribution in [2.45, 2.75) is 155 Å². The summed E-state index contributed by atoms with van der Waals surface area (Å²) in [5.74, 6) is 4.88. The van der Waals surface area contributed by atoms with Crippen molar-refractivity contribution in [2.75, 3.05) is 0 Å². The zero-order chi connectivity index (χ0) is 22.6. The maximum Gasteiger partial charge on any atom is 0.306 e. The minimum Gasteiger partial charge on any atom is -0.462 e. The molecule has 2 heteroatoms. The van der Waals surface area contributed by atoms with Gasteiger partial charge in [0.05, 0.1) is 0 Å². The largest absolute Gasteiger partial charge is 0.462 e. The van der Waals surface area contributed by atoms with Crippen molar-refractivity contribution in [2.24, 2.45) is 29.6 Å². The minimum atomic E-state index is 0.0827. The van der Waals surface area contributed by atoms with Crippen LogP contribution in [0, 0.1) is 29.6 Å². The predicted molar refractivity (Wildman–Crippen MR) is 136 cm³/mol. The zero-order valence-electron chi connectivity index (χ0n) is 21.6. The van der Waals surface area contributed by atoms with E-state index in [0.717, 1.165) is 48.9 Å². The second-order valence-electron chi connectivity index (χ2n) is 11.7. The van der Waals surface area contributed by atoms with Crippen LogP contribution in [0.25, 0.3) is 0 Å². The summed E-state index contributed by atoms with van der Waals surface area (Å²) in [6.45, 7) is 4.58. The van der Waals surface area contributed by atoms with Crippen molar-refractivity contribution < 1.29 is 9.53 Å². The normalized spacial score (nSPS) is 32.2. The summed E-state index contributed by atoms with van der Waals surface area (Å²) in [7, 11) is 0. The Labute approximate surface area is 200 Å². The molecule has 0 aromatic carbocycles. The maximum absolute atomic E-state index is 12.4. The van der Waals surface area contributed by atoms with Crippen LogP contribution in [0.1, 0.15) is 149 Å². The quantitative estimate of drug-likeness (QED) is 0.196. The lowest BCUT2D eigenvalue weighted by Gasteiger charge is -2.50. The molecule has 0 bridgehead atoms.